The van der Waals surface area contributed by atoms with E-state index >= 15 is 0 Å². The van der Waals surface area contributed by atoms with Crippen LogP contribution in [-0.2, 0) is 0 Å². The Morgan fingerprint density at radius 1 is 1.29 bits per heavy atom. The van der Waals surface area contributed by atoms with Crippen LogP contribution < -0.4 is 0 Å². The molecule has 1 aromatic heterocycles. The molecule has 4 heteroatoms. The highest BCUT2D eigenvalue weighted by molar-refractivity contribution is 5.98. The lowest BCUT2D eigenvalue weighted by Crippen LogP contribution is -2.39. The second-order valence-corrected chi connectivity index (χ2v) is 5.78. The van der Waals surface area contributed by atoms with Crippen molar-refractivity contribution in [1.82, 2.24) is 9.88 Å². The van der Waals surface area contributed by atoms with Crippen molar-refractivity contribution in [2.24, 2.45) is 5.92 Å². The molecule has 1 aromatic carbocycles. The zero-order valence-electron chi connectivity index (χ0n) is 12.2. The van der Waals surface area contributed by atoms with Gasteiger partial charge >= 0.3 is 0 Å². The van der Waals surface area contributed by atoms with Crippen LogP contribution in [0.2, 0.25) is 0 Å². The van der Waals surface area contributed by atoms with E-state index in [4.69, 9.17) is 5.11 Å². The molecule has 1 N–H and O–H groups in total. The second-order valence-electron chi connectivity index (χ2n) is 5.78. The van der Waals surface area contributed by atoms with Gasteiger partial charge in [0.15, 0.2) is 0 Å². The van der Waals surface area contributed by atoms with Gasteiger partial charge < -0.3 is 10.0 Å². The first-order valence-electron chi connectivity index (χ1n) is 7.45. The number of hydrogen-bond acceptors (Lipinski definition) is 3. The Morgan fingerprint density at radius 3 is 2.76 bits per heavy atom. The van der Waals surface area contributed by atoms with Crippen LogP contribution in [0.4, 0.5) is 0 Å². The summed E-state index contributed by atoms with van der Waals surface area (Å²) < 4.78 is 0. The zero-order valence-corrected chi connectivity index (χ0v) is 12.2. The molecule has 21 heavy (non-hydrogen) atoms. The van der Waals surface area contributed by atoms with Crippen LogP contribution in [-0.4, -0.2) is 40.6 Å². The van der Waals surface area contributed by atoms with Gasteiger partial charge in [-0.15, -0.1) is 0 Å². The van der Waals surface area contributed by atoms with Crippen LogP contribution in [0.25, 0.3) is 10.9 Å². The number of amides is 1. The average Bonchev–Trinajstić information content (AvgIpc) is 2.53. The molecular weight excluding hydrogens is 264 g/mol. The minimum Gasteiger partial charge on any atom is -0.396 e. The van der Waals surface area contributed by atoms with Crippen molar-refractivity contribution < 1.29 is 9.90 Å². The fourth-order valence-electron chi connectivity index (χ4n) is 2.86. The number of aliphatic hydroxyl groups is 1. The van der Waals surface area contributed by atoms with E-state index in [1.54, 1.807) is 0 Å². The van der Waals surface area contributed by atoms with Crippen molar-refractivity contribution in [3.63, 3.8) is 0 Å². The molecule has 0 atom stereocenters. The minimum absolute atomic E-state index is 0.0777. The standard InChI is InChI=1S/C17H20N2O2/c1-12-2-3-14-10-15(4-5-16(14)18-12)17(21)19-8-6-13(11-20)7-9-19/h2-5,10,13,20H,6-9,11H2,1H3. The molecule has 3 rings (SSSR count). The SMILES string of the molecule is Cc1ccc2cc(C(=O)N3CCC(CO)CC3)ccc2n1. The number of carbonyl (C=O) groups excluding carboxylic acids is 1. The highest BCUT2D eigenvalue weighted by atomic mass is 16.3. The molecule has 0 aliphatic carbocycles. The minimum atomic E-state index is 0.0777. The molecular formula is C17H20N2O2. The first kappa shape index (κ1) is 14.0. The number of rotatable bonds is 2. The molecule has 0 spiro atoms. The fourth-order valence-corrected chi connectivity index (χ4v) is 2.86. The Kier molecular flexibility index (Phi) is 3.88. The lowest BCUT2D eigenvalue weighted by molar-refractivity contribution is 0.0651. The summed E-state index contributed by atoms with van der Waals surface area (Å²) >= 11 is 0. The molecule has 0 saturated carbocycles. The summed E-state index contributed by atoms with van der Waals surface area (Å²) in [5, 5.41) is 10.2. The quantitative estimate of drug-likeness (QED) is 0.921. The summed E-state index contributed by atoms with van der Waals surface area (Å²) in [7, 11) is 0. The van der Waals surface area contributed by atoms with Crippen LogP contribution in [0.3, 0.4) is 0 Å². The van der Waals surface area contributed by atoms with Gasteiger partial charge in [0.2, 0.25) is 0 Å². The summed E-state index contributed by atoms with van der Waals surface area (Å²) in [4.78, 5) is 18.9. The number of hydrogen-bond donors (Lipinski definition) is 1. The Morgan fingerprint density at radius 2 is 2.05 bits per heavy atom. The van der Waals surface area contributed by atoms with Crippen molar-refractivity contribution in [2.75, 3.05) is 19.7 Å². The van der Waals surface area contributed by atoms with E-state index in [9.17, 15) is 4.79 Å². The van der Waals surface area contributed by atoms with Crippen molar-refractivity contribution in [3.05, 3.63) is 41.6 Å². The third-order valence-electron chi connectivity index (χ3n) is 4.24. The van der Waals surface area contributed by atoms with Crippen molar-refractivity contribution >= 4 is 16.8 Å². The maximum absolute atomic E-state index is 12.5. The third kappa shape index (κ3) is 2.90. The van der Waals surface area contributed by atoms with Crippen LogP contribution in [0.15, 0.2) is 30.3 Å². The summed E-state index contributed by atoms with van der Waals surface area (Å²) in [6.45, 7) is 3.65. The van der Waals surface area contributed by atoms with Gasteiger partial charge in [-0.25, -0.2) is 0 Å². The largest absolute Gasteiger partial charge is 0.396 e. The summed E-state index contributed by atoms with van der Waals surface area (Å²) in [5.74, 6) is 0.423. The molecule has 2 heterocycles. The number of aliphatic hydroxyl groups excluding tert-OH is 1. The number of benzene rings is 1. The molecule has 1 aliphatic heterocycles. The van der Waals surface area contributed by atoms with Crippen LogP contribution in [0.1, 0.15) is 28.9 Å². The predicted octanol–water partition coefficient (Wildman–Crippen LogP) is 2.39. The van der Waals surface area contributed by atoms with E-state index < -0.39 is 0 Å². The number of aryl methyl sites for hydroxylation is 1. The number of pyridine rings is 1. The van der Waals surface area contributed by atoms with E-state index in [2.05, 4.69) is 4.98 Å². The first-order chi connectivity index (χ1) is 10.2. The molecule has 0 radical (unpaired) electrons. The monoisotopic (exact) mass is 284 g/mol. The molecule has 1 saturated heterocycles. The molecule has 1 fully saturated rings. The molecule has 1 aliphatic rings. The number of aromatic nitrogens is 1. The first-order valence-corrected chi connectivity index (χ1v) is 7.45. The Balaban J connectivity index is 1.80. The van der Waals surface area contributed by atoms with Crippen molar-refractivity contribution in [1.29, 1.82) is 0 Å². The number of fused-ring (bicyclic) bond motifs is 1. The Hall–Kier alpha value is -1.94. The molecule has 1 amide bonds. The summed E-state index contributed by atoms with van der Waals surface area (Å²) in [5.41, 5.74) is 2.62. The van der Waals surface area contributed by atoms with E-state index in [0.717, 1.165) is 48.1 Å². The van der Waals surface area contributed by atoms with Crippen molar-refractivity contribution in [2.45, 2.75) is 19.8 Å². The predicted molar refractivity (Wildman–Crippen MR) is 82.2 cm³/mol. The second kappa shape index (κ2) is 5.82. The average molecular weight is 284 g/mol. The maximum atomic E-state index is 12.5. The Labute approximate surface area is 124 Å². The molecule has 2 aromatic rings. The van der Waals surface area contributed by atoms with Gasteiger partial charge in [-0.05, 0) is 49.9 Å². The van der Waals surface area contributed by atoms with E-state index in [1.165, 1.54) is 0 Å². The molecule has 0 bridgehead atoms. The smallest absolute Gasteiger partial charge is 0.253 e. The van der Waals surface area contributed by atoms with Gasteiger partial charge in [0, 0.05) is 36.3 Å². The number of piperidine rings is 1. The zero-order chi connectivity index (χ0) is 14.8. The lowest BCUT2D eigenvalue weighted by atomic mass is 9.97. The van der Waals surface area contributed by atoms with E-state index in [0.29, 0.717) is 5.92 Å². The van der Waals surface area contributed by atoms with Gasteiger partial charge in [0.1, 0.15) is 0 Å². The van der Waals surface area contributed by atoms with Gasteiger partial charge in [-0.3, -0.25) is 9.78 Å². The summed E-state index contributed by atoms with van der Waals surface area (Å²) in [6, 6.07) is 9.66. The van der Waals surface area contributed by atoms with Crippen molar-refractivity contribution in [3.8, 4) is 0 Å². The maximum Gasteiger partial charge on any atom is 0.253 e. The van der Waals surface area contributed by atoms with E-state index in [-0.39, 0.29) is 12.5 Å². The van der Waals surface area contributed by atoms with Gasteiger partial charge in [0.05, 0.1) is 5.52 Å². The number of nitrogens with zero attached hydrogens (tertiary/aromatic N) is 2. The molecule has 0 unspecified atom stereocenters. The van der Waals surface area contributed by atoms with Crippen LogP contribution in [0.5, 0.6) is 0 Å². The normalized spacial score (nSPS) is 16.4. The summed E-state index contributed by atoms with van der Waals surface area (Å²) in [6.07, 6.45) is 1.77. The van der Waals surface area contributed by atoms with Gasteiger partial charge in [-0.1, -0.05) is 6.07 Å². The van der Waals surface area contributed by atoms with Gasteiger partial charge in [0.25, 0.3) is 5.91 Å². The van der Waals surface area contributed by atoms with Crippen LogP contribution in [0, 0.1) is 12.8 Å². The molecule has 4 nitrogen and oxygen atoms in total. The third-order valence-corrected chi connectivity index (χ3v) is 4.24. The van der Waals surface area contributed by atoms with E-state index in [1.807, 2.05) is 42.2 Å². The molecule has 110 valence electrons. The fraction of sp³-hybridized carbons (Fsp3) is 0.412. The number of likely N-dealkylation sites (tertiary alicyclic amines) is 1. The topological polar surface area (TPSA) is 53.4 Å². The highest BCUT2D eigenvalue weighted by Crippen LogP contribution is 2.20. The highest BCUT2D eigenvalue weighted by Gasteiger charge is 2.23. The van der Waals surface area contributed by atoms with Gasteiger partial charge in [-0.2, -0.15) is 0 Å². The number of carbonyl (C=O) groups is 1. The Bertz CT molecular complexity index is 661. The van der Waals surface area contributed by atoms with Crippen LogP contribution >= 0.6 is 0 Å². The lowest BCUT2D eigenvalue weighted by Gasteiger charge is -2.31.